The lowest BCUT2D eigenvalue weighted by molar-refractivity contribution is -0.119. The van der Waals surface area contributed by atoms with Crippen molar-refractivity contribution in [2.24, 2.45) is 5.92 Å². The summed E-state index contributed by atoms with van der Waals surface area (Å²) in [4.78, 5) is 12.9. The normalized spacial score (nSPS) is 16.3. The second-order valence-corrected chi connectivity index (χ2v) is 5.67. The molecule has 0 aromatic heterocycles. The largest absolute Gasteiger partial charge is 0.396 e. The van der Waals surface area contributed by atoms with Crippen LogP contribution in [-0.2, 0) is 4.79 Å². The highest BCUT2D eigenvalue weighted by atomic mass is 32.2. The maximum absolute atomic E-state index is 11.8. The van der Waals surface area contributed by atoms with Crippen LogP contribution in [0.15, 0.2) is 35.2 Å². The van der Waals surface area contributed by atoms with E-state index in [1.165, 1.54) is 12.8 Å². The van der Waals surface area contributed by atoms with Crippen molar-refractivity contribution >= 4 is 17.7 Å². The topological polar surface area (TPSA) is 49.3 Å². The lowest BCUT2D eigenvalue weighted by Gasteiger charge is -2.16. The van der Waals surface area contributed by atoms with Crippen molar-refractivity contribution in [3.8, 4) is 0 Å². The van der Waals surface area contributed by atoms with Gasteiger partial charge in [0.05, 0.1) is 5.75 Å². The Morgan fingerprint density at radius 2 is 2.11 bits per heavy atom. The Kier molecular flexibility index (Phi) is 5.08. The summed E-state index contributed by atoms with van der Waals surface area (Å²) in [5.41, 5.74) is 0. The molecule has 0 saturated heterocycles. The fraction of sp³-hybridized carbons (Fsp3) is 0.500. The zero-order valence-electron chi connectivity index (χ0n) is 10.3. The van der Waals surface area contributed by atoms with Gasteiger partial charge in [0, 0.05) is 17.5 Å². The van der Waals surface area contributed by atoms with Crippen LogP contribution in [0.4, 0.5) is 0 Å². The molecule has 0 spiro atoms. The molecular weight excluding hydrogens is 246 g/mol. The van der Waals surface area contributed by atoms with Crippen LogP contribution in [0.1, 0.15) is 19.3 Å². The third-order valence-corrected chi connectivity index (χ3v) is 4.10. The Morgan fingerprint density at radius 3 is 2.72 bits per heavy atom. The Labute approximate surface area is 112 Å². The first-order chi connectivity index (χ1) is 8.79. The molecule has 2 rings (SSSR count). The Balaban J connectivity index is 1.74. The van der Waals surface area contributed by atoms with Gasteiger partial charge in [0.15, 0.2) is 0 Å². The molecular formula is C14H19NO2S. The van der Waals surface area contributed by atoms with Crippen LogP contribution in [0.2, 0.25) is 0 Å². The highest BCUT2D eigenvalue weighted by Crippen LogP contribution is 2.34. The van der Waals surface area contributed by atoms with E-state index in [4.69, 9.17) is 5.11 Å². The van der Waals surface area contributed by atoms with Gasteiger partial charge in [-0.15, -0.1) is 11.8 Å². The van der Waals surface area contributed by atoms with Gasteiger partial charge in [-0.2, -0.15) is 0 Å². The van der Waals surface area contributed by atoms with Crippen molar-refractivity contribution in [1.29, 1.82) is 0 Å². The number of carbonyl (C=O) groups excluding carboxylic acids is 1. The van der Waals surface area contributed by atoms with E-state index in [1.54, 1.807) is 11.8 Å². The first-order valence-corrected chi connectivity index (χ1v) is 7.36. The number of amides is 1. The van der Waals surface area contributed by atoms with Crippen molar-refractivity contribution in [2.75, 3.05) is 12.4 Å². The molecule has 4 heteroatoms. The predicted molar refractivity (Wildman–Crippen MR) is 73.5 cm³/mol. The summed E-state index contributed by atoms with van der Waals surface area (Å²) < 4.78 is 0. The SMILES string of the molecule is O=C(CSc1ccccc1)NC(CCO)C1CC1. The zero-order chi connectivity index (χ0) is 12.8. The lowest BCUT2D eigenvalue weighted by atomic mass is 10.1. The molecule has 1 amide bonds. The molecule has 98 valence electrons. The second kappa shape index (κ2) is 6.81. The maximum Gasteiger partial charge on any atom is 0.230 e. The van der Waals surface area contributed by atoms with Crippen molar-refractivity contribution in [1.82, 2.24) is 5.32 Å². The summed E-state index contributed by atoms with van der Waals surface area (Å²) in [5.74, 6) is 1.09. The third kappa shape index (κ3) is 4.35. The van der Waals surface area contributed by atoms with Crippen LogP contribution in [0, 0.1) is 5.92 Å². The van der Waals surface area contributed by atoms with E-state index in [0.717, 1.165) is 4.90 Å². The smallest absolute Gasteiger partial charge is 0.230 e. The molecule has 0 aliphatic heterocycles. The highest BCUT2D eigenvalue weighted by molar-refractivity contribution is 8.00. The number of hydrogen-bond acceptors (Lipinski definition) is 3. The third-order valence-electron chi connectivity index (χ3n) is 3.09. The standard InChI is InChI=1S/C14H19NO2S/c16-9-8-13(11-6-7-11)15-14(17)10-18-12-4-2-1-3-5-12/h1-5,11,13,16H,6-10H2,(H,15,17). The van der Waals surface area contributed by atoms with E-state index in [-0.39, 0.29) is 18.6 Å². The average Bonchev–Trinajstić information content (AvgIpc) is 3.21. The molecule has 0 radical (unpaired) electrons. The molecule has 3 nitrogen and oxygen atoms in total. The Hall–Kier alpha value is -1.00. The lowest BCUT2D eigenvalue weighted by Crippen LogP contribution is -2.38. The van der Waals surface area contributed by atoms with E-state index in [0.29, 0.717) is 18.1 Å². The van der Waals surface area contributed by atoms with Gasteiger partial charge in [0.1, 0.15) is 0 Å². The van der Waals surface area contributed by atoms with E-state index in [2.05, 4.69) is 5.32 Å². The number of hydrogen-bond donors (Lipinski definition) is 2. The van der Waals surface area contributed by atoms with Gasteiger partial charge in [-0.1, -0.05) is 18.2 Å². The molecule has 1 atom stereocenters. The maximum atomic E-state index is 11.8. The minimum atomic E-state index is 0.0641. The number of rotatable bonds is 7. The quantitative estimate of drug-likeness (QED) is 0.742. The molecule has 1 aromatic rings. The first-order valence-electron chi connectivity index (χ1n) is 6.37. The van der Waals surface area contributed by atoms with Gasteiger partial charge in [0.25, 0.3) is 0 Å². The van der Waals surface area contributed by atoms with Gasteiger partial charge in [-0.25, -0.2) is 0 Å². The minimum absolute atomic E-state index is 0.0641. The number of aliphatic hydroxyl groups excluding tert-OH is 1. The zero-order valence-corrected chi connectivity index (χ0v) is 11.2. The Morgan fingerprint density at radius 1 is 1.39 bits per heavy atom. The molecule has 0 heterocycles. The molecule has 18 heavy (non-hydrogen) atoms. The van der Waals surface area contributed by atoms with Crippen LogP contribution < -0.4 is 5.32 Å². The van der Waals surface area contributed by atoms with Gasteiger partial charge < -0.3 is 10.4 Å². The van der Waals surface area contributed by atoms with Gasteiger partial charge in [-0.05, 0) is 37.3 Å². The predicted octanol–water partition coefficient (Wildman–Crippen LogP) is 2.06. The van der Waals surface area contributed by atoms with Crippen molar-refractivity contribution < 1.29 is 9.90 Å². The number of aliphatic hydroxyl groups is 1. The van der Waals surface area contributed by atoms with Crippen molar-refractivity contribution in [2.45, 2.75) is 30.2 Å². The molecule has 1 unspecified atom stereocenters. The number of nitrogens with one attached hydrogen (secondary N) is 1. The monoisotopic (exact) mass is 265 g/mol. The fourth-order valence-electron chi connectivity index (χ4n) is 1.98. The van der Waals surface area contributed by atoms with Crippen LogP contribution >= 0.6 is 11.8 Å². The first kappa shape index (κ1) is 13.4. The van der Waals surface area contributed by atoms with Gasteiger partial charge in [-0.3, -0.25) is 4.79 Å². The fourth-order valence-corrected chi connectivity index (χ4v) is 2.71. The number of benzene rings is 1. The van der Waals surface area contributed by atoms with Crippen LogP contribution in [0.3, 0.4) is 0 Å². The molecule has 2 N–H and O–H groups in total. The Bertz CT molecular complexity index is 379. The summed E-state index contributed by atoms with van der Waals surface area (Å²) in [6, 6.07) is 10.1. The summed E-state index contributed by atoms with van der Waals surface area (Å²) in [5, 5.41) is 12.0. The van der Waals surface area contributed by atoms with Crippen LogP contribution in [-0.4, -0.2) is 29.4 Å². The highest BCUT2D eigenvalue weighted by Gasteiger charge is 2.31. The summed E-state index contributed by atoms with van der Waals surface area (Å²) in [6.07, 6.45) is 3.03. The summed E-state index contributed by atoms with van der Waals surface area (Å²) in [7, 11) is 0. The van der Waals surface area contributed by atoms with E-state index < -0.39 is 0 Å². The average molecular weight is 265 g/mol. The second-order valence-electron chi connectivity index (χ2n) is 4.63. The van der Waals surface area contributed by atoms with Crippen LogP contribution in [0.25, 0.3) is 0 Å². The van der Waals surface area contributed by atoms with Gasteiger partial charge in [0.2, 0.25) is 5.91 Å². The molecule has 1 aliphatic rings. The van der Waals surface area contributed by atoms with Crippen molar-refractivity contribution in [3.63, 3.8) is 0 Å². The minimum Gasteiger partial charge on any atom is -0.396 e. The van der Waals surface area contributed by atoms with Gasteiger partial charge >= 0.3 is 0 Å². The van der Waals surface area contributed by atoms with Crippen LogP contribution in [0.5, 0.6) is 0 Å². The number of thioether (sulfide) groups is 1. The molecule has 1 aromatic carbocycles. The molecule has 1 aliphatic carbocycles. The van der Waals surface area contributed by atoms with E-state index in [1.807, 2.05) is 30.3 Å². The molecule has 1 saturated carbocycles. The summed E-state index contributed by atoms with van der Waals surface area (Å²) >= 11 is 1.55. The summed E-state index contributed by atoms with van der Waals surface area (Å²) in [6.45, 7) is 0.146. The van der Waals surface area contributed by atoms with Crippen molar-refractivity contribution in [3.05, 3.63) is 30.3 Å². The molecule has 1 fully saturated rings. The number of carbonyl (C=O) groups is 1. The molecule has 0 bridgehead atoms. The van der Waals surface area contributed by atoms with E-state index >= 15 is 0 Å². The van der Waals surface area contributed by atoms with E-state index in [9.17, 15) is 4.79 Å².